The first-order valence-electron chi connectivity index (χ1n) is 5.02. The normalized spacial score (nSPS) is 12.7. The maximum Gasteiger partial charge on any atom is 0.224 e. The van der Waals surface area contributed by atoms with Crippen molar-refractivity contribution in [1.82, 2.24) is 15.0 Å². The van der Waals surface area contributed by atoms with Crippen LogP contribution in [0.4, 0.5) is 5.13 Å². The van der Waals surface area contributed by atoms with Gasteiger partial charge in [-0.05, 0) is 6.92 Å². The van der Waals surface area contributed by atoms with Crippen molar-refractivity contribution in [3.8, 4) is 0 Å². The number of rotatable bonds is 2. The Morgan fingerprint density at radius 3 is 2.78 bits per heavy atom. The van der Waals surface area contributed by atoms with Crippen LogP contribution in [-0.4, -0.2) is 26.7 Å². The van der Waals surface area contributed by atoms with Crippen LogP contribution in [0.3, 0.4) is 0 Å². The molecule has 18 heavy (non-hydrogen) atoms. The van der Waals surface area contributed by atoms with Crippen molar-refractivity contribution < 1.29 is 0 Å². The molecule has 0 amide bonds. The smallest absolute Gasteiger partial charge is 0.224 e. The first kappa shape index (κ1) is 12.1. The SMILES string of the molecule is Cc1csc(/N=C(N)/N=C(\N)c2cnccn2)n1. The summed E-state index contributed by atoms with van der Waals surface area (Å²) in [6.45, 7) is 1.88. The Kier molecular flexibility index (Phi) is 3.58. The highest BCUT2D eigenvalue weighted by Crippen LogP contribution is 2.17. The molecule has 0 aliphatic heterocycles. The van der Waals surface area contributed by atoms with Crippen LogP contribution in [0.5, 0.6) is 0 Å². The first-order valence-corrected chi connectivity index (χ1v) is 5.90. The largest absolute Gasteiger partial charge is 0.382 e. The number of amidine groups is 1. The van der Waals surface area contributed by atoms with Crippen LogP contribution in [0, 0.1) is 6.92 Å². The summed E-state index contributed by atoms with van der Waals surface area (Å²) in [6, 6.07) is 0. The standard InChI is InChI=1S/C10H11N7S/c1-6-5-18-10(15-6)17-9(12)16-8(11)7-4-13-2-3-14-7/h2-5H,1H3,(H4,11,12,15,16,17). The number of aliphatic imine (C=N–C) groups is 2. The summed E-state index contributed by atoms with van der Waals surface area (Å²) in [5.41, 5.74) is 12.7. The topological polar surface area (TPSA) is 115 Å². The molecule has 0 fully saturated rings. The summed E-state index contributed by atoms with van der Waals surface area (Å²) in [7, 11) is 0. The third-order valence-electron chi connectivity index (χ3n) is 1.88. The lowest BCUT2D eigenvalue weighted by Crippen LogP contribution is -2.20. The Morgan fingerprint density at radius 2 is 2.17 bits per heavy atom. The van der Waals surface area contributed by atoms with E-state index in [2.05, 4.69) is 24.9 Å². The fourth-order valence-corrected chi connectivity index (χ4v) is 1.80. The highest BCUT2D eigenvalue weighted by molar-refractivity contribution is 7.13. The molecule has 92 valence electrons. The van der Waals surface area contributed by atoms with Crippen LogP contribution in [0.2, 0.25) is 0 Å². The Morgan fingerprint density at radius 1 is 1.33 bits per heavy atom. The lowest BCUT2D eigenvalue weighted by atomic mass is 10.4. The molecule has 4 N–H and O–H groups in total. The molecule has 7 nitrogen and oxygen atoms in total. The summed E-state index contributed by atoms with van der Waals surface area (Å²) >= 11 is 1.38. The fraction of sp³-hybridized carbons (Fsp3) is 0.100. The second-order valence-corrected chi connectivity index (χ2v) is 4.17. The molecule has 0 aliphatic rings. The van der Waals surface area contributed by atoms with Crippen molar-refractivity contribution in [2.24, 2.45) is 21.5 Å². The predicted molar refractivity (Wildman–Crippen MR) is 70.9 cm³/mol. The number of thiazole rings is 1. The summed E-state index contributed by atoms with van der Waals surface area (Å²) in [5, 5.41) is 2.42. The number of nitrogens with zero attached hydrogens (tertiary/aromatic N) is 5. The number of guanidine groups is 1. The van der Waals surface area contributed by atoms with Crippen LogP contribution in [0.25, 0.3) is 0 Å². The molecule has 0 saturated heterocycles. The van der Waals surface area contributed by atoms with Crippen LogP contribution in [-0.2, 0) is 0 Å². The number of hydrogen-bond acceptors (Lipinski definition) is 5. The molecule has 0 saturated carbocycles. The minimum Gasteiger partial charge on any atom is -0.382 e. The van der Waals surface area contributed by atoms with Crippen molar-refractivity contribution in [2.45, 2.75) is 6.92 Å². The van der Waals surface area contributed by atoms with Gasteiger partial charge in [0.25, 0.3) is 0 Å². The van der Waals surface area contributed by atoms with E-state index in [1.807, 2.05) is 12.3 Å². The van der Waals surface area contributed by atoms with Crippen molar-refractivity contribution in [1.29, 1.82) is 0 Å². The zero-order chi connectivity index (χ0) is 13.0. The van der Waals surface area contributed by atoms with Gasteiger partial charge in [-0.25, -0.2) is 9.97 Å². The van der Waals surface area contributed by atoms with Gasteiger partial charge in [-0.2, -0.15) is 9.98 Å². The molecule has 0 bridgehead atoms. The lowest BCUT2D eigenvalue weighted by Gasteiger charge is -1.97. The van der Waals surface area contributed by atoms with E-state index in [0.29, 0.717) is 10.8 Å². The minimum absolute atomic E-state index is 0.0347. The van der Waals surface area contributed by atoms with E-state index < -0.39 is 0 Å². The minimum atomic E-state index is 0.0347. The Labute approximate surface area is 107 Å². The molecular formula is C10H11N7S. The van der Waals surface area contributed by atoms with Gasteiger partial charge in [-0.15, -0.1) is 11.3 Å². The van der Waals surface area contributed by atoms with Gasteiger partial charge in [0.2, 0.25) is 11.1 Å². The monoisotopic (exact) mass is 261 g/mol. The van der Waals surface area contributed by atoms with Gasteiger partial charge < -0.3 is 11.5 Å². The molecule has 2 rings (SSSR count). The van der Waals surface area contributed by atoms with Crippen LogP contribution in [0.1, 0.15) is 11.4 Å². The van der Waals surface area contributed by atoms with Gasteiger partial charge in [0, 0.05) is 17.8 Å². The van der Waals surface area contributed by atoms with E-state index >= 15 is 0 Å². The van der Waals surface area contributed by atoms with E-state index in [-0.39, 0.29) is 11.8 Å². The highest BCUT2D eigenvalue weighted by Gasteiger charge is 2.01. The lowest BCUT2D eigenvalue weighted by molar-refractivity contribution is 1.17. The summed E-state index contributed by atoms with van der Waals surface area (Å²) in [5.74, 6) is 0.199. The maximum absolute atomic E-state index is 5.72. The second kappa shape index (κ2) is 5.32. The van der Waals surface area contributed by atoms with Crippen molar-refractivity contribution >= 4 is 28.3 Å². The van der Waals surface area contributed by atoms with Crippen molar-refractivity contribution in [2.75, 3.05) is 0 Å². The quantitative estimate of drug-likeness (QED) is 0.606. The van der Waals surface area contributed by atoms with E-state index in [1.54, 1.807) is 6.20 Å². The zero-order valence-corrected chi connectivity index (χ0v) is 10.4. The summed E-state index contributed by atoms with van der Waals surface area (Å²) in [4.78, 5) is 20.0. The van der Waals surface area contributed by atoms with Gasteiger partial charge in [-0.3, -0.25) is 4.98 Å². The zero-order valence-electron chi connectivity index (χ0n) is 9.61. The first-order chi connectivity index (χ1) is 8.65. The third kappa shape index (κ3) is 3.08. The van der Waals surface area contributed by atoms with Crippen molar-refractivity contribution in [3.63, 3.8) is 0 Å². The molecule has 2 aromatic heterocycles. The van der Waals surface area contributed by atoms with Gasteiger partial charge in [0.1, 0.15) is 5.69 Å². The van der Waals surface area contributed by atoms with Crippen molar-refractivity contribution in [3.05, 3.63) is 35.4 Å². The van der Waals surface area contributed by atoms with E-state index in [4.69, 9.17) is 11.5 Å². The van der Waals surface area contributed by atoms with E-state index in [9.17, 15) is 0 Å². The van der Waals surface area contributed by atoms with Crippen LogP contribution < -0.4 is 11.5 Å². The fourth-order valence-electron chi connectivity index (χ4n) is 1.13. The predicted octanol–water partition coefficient (Wildman–Crippen LogP) is 0.593. The molecule has 0 aromatic carbocycles. The molecule has 0 radical (unpaired) electrons. The molecule has 0 spiro atoms. The van der Waals surface area contributed by atoms with Gasteiger partial charge in [0.15, 0.2) is 5.84 Å². The highest BCUT2D eigenvalue weighted by atomic mass is 32.1. The van der Waals surface area contributed by atoms with Crippen LogP contribution >= 0.6 is 11.3 Å². The van der Waals surface area contributed by atoms with E-state index in [0.717, 1.165) is 5.69 Å². The van der Waals surface area contributed by atoms with E-state index in [1.165, 1.54) is 23.7 Å². The van der Waals surface area contributed by atoms with Gasteiger partial charge >= 0.3 is 0 Å². The molecule has 8 heteroatoms. The Bertz CT molecular complexity index is 587. The number of hydrogen-bond donors (Lipinski definition) is 2. The summed E-state index contributed by atoms with van der Waals surface area (Å²) in [6.07, 6.45) is 4.57. The molecule has 0 atom stereocenters. The molecule has 0 aliphatic carbocycles. The number of aromatic nitrogens is 3. The Balaban J connectivity index is 2.20. The number of nitrogens with two attached hydrogens (primary N) is 2. The van der Waals surface area contributed by atoms with Gasteiger partial charge in [-0.1, -0.05) is 0 Å². The van der Waals surface area contributed by atoms with Gasteiger partial charge in [0.05, 0.1) is 11.9 Å². The number of aryl methyl sites for hydroxylation is 1. The molecule has 0 unspecified atom stereocenters. The second-order valence-electron chi connectivity index (χ2n) is 3.33. The Hall–Kier alpha value is -2.35. The third-order valence-corrected chi connectivity index (χ3v) is 2.73. The average molecular weight is 261 g/mol. The van der Waals surface area contributed by atoms with Crippen LogP contribution in [0.15, 0.2) is 34.0 Å². The maximum atomic E-state index is 5.72. The average Bonchev–Trinajstić information content (AvgIpc) is 2.75. The molecule has 2 heterocycles. The molecular weight excluding hydrogens is 250 g/mol. The molecule has 2 aromatic rings. The summed E-state index contributed by atoms with van der Waals surface area (Å²) < 4.78 is 0.